The molecule has 0 aliphatic carbocycles. The Hall–Kier alpha value is -3.20. The lowest BCUT2D eigenvalue weighted by atomic mass is 10.0. The van der Waals surface area contributed by atoms with Crippen molar-refractivity contribution >= 4 is 22.2 Å². The Balaban J connectivity index is 1.38. The van der Waals surface area contributed by atoms with Gasteiger partial charge < -0.3 is 24.4 Å². The summed E-state index contributed by atoms with van der Waals surface area (Å²) in [7, 11) is 3.41. The molecule has 0 spiro atoms. The highest BCUT2D eigenvalue weighted by Gasteiger charge is 2.21. The van der Waals surface area contributed by atoms with Gasteiger partial charge in [-0.15, -0.1) is 0 Å². The summed E-state index contributed by atoms with van der Waals surface area (Å²) in [5, 5.41) is 4.75. The molecule has 35 heavy (non-hydrogen) atoms. The Morgan fingerprint density at radius 1 is 1.00 bits per heavy atom. The Kier molecular flexibility index (Phi) is 7.42. The van der Waals surface area contributed by atoms with Crippen molar-refractivity contribution in [3.05, 3.63) is 54.9 Å². The molecule has 1 aliphatic rings. The van der Waals surface area contributed by atoms with Crippen molar-refractivity contribution in [3.63, 3.8) is 0 Å². The molecule has 184 valence electrons. The SMILES string of the molecule is COCCNC1CCN(c2cccc3ccc(-c4cnc5cc(OCCOC)ccn45)nc23)CC1. The van der Waals surface area contributed by atoms with Crippen molar-refractivity contribution in [1.29, 1.82) is 0 Å². The summed E-state index contributed by atoms with van der Waals surface area (Å²) in [5.74, 6) is 0.778. The average Bonchev–Trinajstić information content (AvgIpc) is 3.32. The van der Waals surface area contributed by atoms with Crippen molar-refractivity contribution in [1.82, 2.24) is 19.7 Å². The normalized spacial score (nSPS) is 14.7. The van der Waals surface area contributed by atoms with E-state index in [2.05, 4.69) is 49.9 Å². The summed E-state index contributed by atoms with van der Waals surface area (Å²) in [6, 6.07) is 15.1. The number of fused-ring (bicyclic) bond motifs is 2. The third-order valence-corrected chi connectivity index (χ3v) is 6.58. The van der Waals surface area contributed by atoms with E-state index in [9.17, 15) is 0 Å². The van der Waals surface area contributed by atoms with E-state index >= 15 is 0 Å². The van der Waals surface area contributed by atoms with Crippen molar-refractivity contribution in [2.45, 2.75) is 18.9 Å². The lowest BCUT2D eigenvalue weighted by molar-refractivity contribution is 0.146. The molecule has 1 fully saturated rings. The van der Waals surface area contributed by atoms with Crippen LogP contribution in [0, 0.1) is 0 Å². The molecule has 5 rings (SSSR count). The standard InChI is InChI=1S/C27H33N5O3/c1-33-15-11-28-21-8-12-31(13-9-21)24-5-3-4-20-6-7-23(30-27(20)24)25-19-29-26-18-22(10-14-32(25)26)35-17-16-34-2/h3-7,10,14,18-19,21,28H,8-9,11-13,15-17H2,1-2H3. The van der Waals surface area contributed by atoms with Crippen LogP contribution in [0.1, 0.15) is 12.8 Å². The van der Waals surface area contributed by atoms with Crippen LogP contribution in [-0.4, -0.2) is 74.1 Å². The number of hydrogen-bond donors (Lipinski definition) is 1. The Morgan fingerprint density at radius 3 is 2.69 bits per heavy atom. The first-order valence-electron chi connectivity index (χ1n) is 12.2. The highest BCUT2D eigenvalue weighted by atomic mass is 16.5. The summed E-state index contributed by atoms with van der Waals surface area (Å²) in [6.07, 6.45) is 6.09. The van der Waals surface area contributed by atoms with Gasteiger partial charge in [-0.2, -0.15) is 0 Å². The molecule has 0 atom stereocenters. The molecular weight excluding hydrogens is 442 g/mol. The molecule has 4 heterocycles. The molecule has 0 radical (unpaired) electrons. The number of imidazole rings is 1. The summed E-state index contributed by atoms with van der Waals surface area (Å²) in [6.45, 7) is 4.74. The van der Waals surface area contributed by atoms with E-state index in [0.29, 0.717) is 19.3 Å². The first-order valence-corrected chi connectivity index (χ1v) is 12.2. The maximum absolute atomic E-state index is 5.73. The molecule has 1 aromatic carbocycles. The van der Waals surface area contributed by atoms with Gasteiger partial charge in [-0.1, -0.05) is 18.2 Å². The highest BCUT2D eigenvalue weighted by Crippen LogP contribution is 2.31. The third-order valence-electron chi connectivity index (χ3n) is 6.58. The van der Waals surface area contributed by atoms with Crippen molar-refractivity contribution < 1.29 is 14.2 Å². The fourth-order valence-corrected chi connectivity index (χ4v) is 4.70. The van der Waals surface area contributed by atoms with Gasteiger partial charge in [0.05, 0.1) is 42.0 Å². The largest absolute Gasteiger partial charge is 0.491 e. The maximum Gasteiger partial charge on any atom is 0.140 e. The van der Waals surface area contributed by atoms with E-state index in [4.69, 9.17) is 19.2 Å². The van der Waals surface area contributed by atoms with Crippen LogP contribution in [0.5, 0.6) is 5.75 Å². The molecule has 4 aromatic rings. The number of para-hydroxylation sites is 1. The van der Waals surface area contributed by atoms with Crippen LogP contribution in [0.3, 0.4) is 0 Å². The molecule has 0 saturated carbocycles. The third kappa shape index (κ3) is 5.24. The highest BCUT2D eigenvalue weighted by molar-refractivity contribution is 5.92. The number of benzene rings is 1. The second kappa shape index (κ2) is 11.0. The van der Waals surface area contributed by atoms with Crippen LogP contribution in [-0.2, 0) is 9.47 Å². The van der Waals surface area contributed by atoms with Crippen molar-refractivity contribution in [2.24, 2.45) is 0 Å². The fourth-order valence-electron chi connectivity index (χ4n) is 4.70. The first kappa shape index (κ1) is 23.5. The van der Waals surface area contributed by atoms with E-state index in [0.717, 1.165) is 72.8 Å². The van der Waals surface area contributed by atoms with Crippen LogP contribution >= 0.6 is 0 Å². The first-order chi connectivity index (χ1) is 17.3. The van der Waals surface area contributed by atoms with Gasteiger partial charge in [0.25, 0.3) is 0 Å². The van der Waals surface area contributed by atoms with Crippen LogP contribution in [0.15, 0.2) is 54.9 Å². The van der Waals surface area contributed by atoms with Crippen LogP contribution in [0.25, 0.3) is 27.9 Å². The summed E-state index contributed by atoms with van der Waals surface area (Å²) >= 11 is 0. The van der Waals surface area contributed by atoms with E-state index in [1.807, 2.05) is 24.5 Å². The van der Waals surface area contributed by atoms with Gasteiger partial charge in [0, 0.05) is 57.5 Å². The zero-order valence-corrected chi connectivity index (χ0v) is 20.4. The second-order valence-electron chi connectivity index (χ2n) is 8.83. The van der Waals surface area contributed by atoms with E-state index in [1.54, 1.807) is 14.2 Å². The van der Waals surface area contributed by atoms with Gasteiger partial charge in [0.15, 0.2) is 0 Å². The van der Waals surface area contributed by atoms with Gasteiger partial charge >= 0.3 is 0 Å². The lowest BCUT2D eigenvalue weighted by Gasteiger charge is -2.34. The minimum atomic E-state index is 0.510. The minimum Gasteiger partial charge on any atom is -0.491 e. The molecule has 0 amide bonds. The lowest BCUT2D eigenvalue weighted by Crippen LogP contribution is -2.43. The number of anilines is 1. The van der Waals surface area contributed by atoms with Crippen LogP contribution in [0.4, 0.5) is 5.69 Å². The molecule has 0 unspecified atom stereocenters. The van der Waals surface area contributed by atoms with Gasteiger partial charge in [-0.3, -0.25) is 4.40 Å². The number of pyridine rings is 2. The summed E-state index contributed by atoms with van der Waals surface area (Å²) < 4.78 is 18.0. The van der Waals surface area contributed by atoms with Gasteiger partial charge in [-0.05, 0) is 31.0 Å². The Bertz CT molecular complexity index is 1270. The number of nitrogens with one attached hydrogen (secondary N) is 1. The molecule has 8 nitrogen and oxygen atoms in total. The maximum atomic E-state index is 5.73. The zero-order chi connectivity index (χ0) is 24.0. The minimum absolute atomic E-state index is 0.510. The number of rotatable bonds is 10. The molecule has 1 N–H and O–H groups in total. The monoisotopic (exact) mass is 475 g/mol. The second-order valence-corrected chi connectivity index (χ2v) is 8.83. The van der Waals surface area contributed by atoms with Gasteiger partial charge in [-0.25, -0.2) is 9.97 Å². The topological polar surface area (TPSA) is 73.2 Å². The van der Waals surface area contributed by atoms with Crippen LogP contribution < -0.4 is 15.0 Å². The predicted octanol–water partition coefficient (Wildman–Crippen LogP) is 3.78. The summed E-state index contributed by atoms with van der Waals surface area (Å²) in [4.78, 5) is 12.2. The Morgan fingerprint density at radius 2 is 1.86 bits per heavy atom. The Labute approximate surface area is 205 Å². The molecule has 8 heteroatoms. The number of piperidine rings is 1. The van der Waals surface area contributed by atoms with Gasteiger partial charge in [0.1, 0.15) is 18.0 Å². The van der Waals surface area contributed by atoms with E-state index in [-0.39, 0.29) is 0 Å². The molecule has 0 bridgehead atoms. The fraction of sp³-hybridized carbons (Fsp3) is 0.407. The number of aromatic nitrogens is 3. The smallest absolute Gasteiger partial charge is 0.140 e. The quantitative estimate of drug-likeness (QED) is 0.350. The van der Waals surface area contributed by atoms with Crippen LogP contribution in [0.2, 0.25) is 0 Å². The molecule has 1 saturated heterocycles. The van der Waals surface area contributed by atoms with E-state index < -0.39 is 0 Å². The number of ether oxygens (including phenoxy) is 3. The molecular formula is C27H33N5O3. The average molecular weight is 476 g/mol. The molecule has 3 aromatic heterocycles. The predicted molar refractivity (Wildman–Crippen MR) is 138 cm³/mol. The molecule has 1 aliphatic heterocycles. The number of hydrogen-bond acceptors (Lipinski definition) is 7. The zero-order valence-electron chi connectivity index (χ0n) is 20.4. The van der Waals surface area contributed by atoms with Gasteiger partial charge in [0.2, 0.25) is 0 Å². The number of methoxy groups -OCH3 is 2. The van der Waals surface area contributed by atoms with Crippen molar-refractivity contribution in [2.75, 3.05) is 58.6 Å². The van der Waals surface area contributed by atoms with Crippen molar-refractivity contribution in [3.8, 4) is 17.1 Å². The van der Waals surface area contributed by atoms with E-state index in [1.165, 1.54) is 5.69 Å². The number of nitrogens with zero attached hydrogens (tertiary/aromatic N) is 4. The summed E-state index contributed by atoms with van der Waals surface area (Å²) in [5.41, 5.74) is 4.92.